The normalized spacial score (nSPS) is 14.7. The standard InChI is InChI=1S/C21H23N3O6S/c1-14-4-9-18(15(2)12-14)22-21(27)23-19(25)13-30-20(26)16-5-7-17(8-6-16)24-10-3-11-31(24,28)29/h4-9,12H,3,10-11,13H2,1-2H3,(H2,22,23,25,27). The molecule has 0 unspecified atom stereocenters. The number of nitrogens with zero attached hydrogens (tertiary/aromatic N) is 1. The first-order chi connectivity index (χ1) is 14.7. The van der Waals surface area contributed by atoms with Gasteiger partial charge < -0.3 is 10.1 Å². The molecular formula is C21H23N3O6S. The summed E-state index contributed by atoms with van der Waals surface area (Å²) < 4.78 is 30.1. The van der Waals surface area contributed by atoms with Crippen LogP contribution in [0.2, 0.25) is 0 Å². The quantitative estimate of drug-likeness (QED) is 0.682. The van der Waals surface area contributed by atoms with Crippen LogP contribution in [0.15, 0.2) is 42.5 Å². The Hall–Kier alpha value is -3.40. The van der Waals surface area contributed by atoms with Crippen LogP contribution in [0.25, 0.3) is 0 Å². The fraction of sp³-hybridized carbons (Fsp3) is 0.286. The van der Waals surface area contributed by atoms with E-state index in [-0.39, 0.29) is 11.3 Å². The van der Waals surface area contributed by atoms with Gasteiger partial charge in [-0.25, -0.2) is 18.0 Å². The van der Waals surface area contributed by atoms with Gasteiger partial charge in [-0.1, -0.05) is 17.7 Å². The molecule has 2 aromatic rings. The number of benzene rings is 2. The van der Waals surface area contributed by atoms with Gasteiger partial charge in [0.2, 0.25) is 10.0 Å². The Bertz CT molecular complexity index is 1110. The molecule has 3 amide bonds. The highest BCUT2D eigenvalue weighted by molar-refractivity contribution is 7.93. The number of esters is 1. The van der Waals surface area contributed by atoms with Gasteiger partial charge in [0.1, 0.15) is 0 Å². The molecule has 2 aromatic carbocycles. The average molecular weight is 445 g/mol. The summed E-state index contributed by atoms with van der Waals surface area (Å²) in [5, 5.41) is 4.65. The van der Waals surface area contributed by atoms with Crippen LogP contribution in [0.1, 0.15) is 27.9 Å². The molecule has 0 saturated carbocycles. The third kappa shape index (κ3) is 5.60. The Morgan fingerprint density at radius 3 is 2.39 bits per heavy atom. The number of carbonyl (C=O) groups is 3. The molecule has 1 aliphatic heterocycles. The molecule has 0 radical (unpaired) electrons. The second-order valence-corrected chi connectivity index (χ2v) is 9.20. The lowest BCUT2D eigenvalue weighted by Gasteiger charge is -2.16. The fourth-order valence-corrected chi connectivity index (χ4v) is 4.74. The lowest BCUT2D eigenvalue weighted by molar-refractivity contribution is -0.123. The molecule has 3 rings (SSSR count). The van der Waals surface area contributed by atoms with Crippen molar-refractivity contribution < 1.29 is 27.5 Å². The lowest BCUT2D eigenvalue weighted by Crippen LogP contribution is -2.37. The average Bonchev–Trinajstić information content (AvgIpc) is 3.07. The number of sulfonamides is 1. The molecule has 0 spiro atoms. The summed E-state index contributed by atoms with van der Waals surface area (Å²) in [7, 11) is -3.31. The highest BCUT2D eigenvalue weighted by Crippen LogP contribution is 2.24. The maximum atomic E-state index is 12.1. The summed E-state index contributed by atoms with van der Waals surface area (Å²) in [6.45, 7) is 3.52. The lowest BCUT2D eigenvalue weighted by atomic mass is 10.1. The van der Waals surface area contributed by atoms with Crippen molar-refractivity contribution in [2.75, 3.05) is 28.5 Å². The minimum atomic E-state index is -3.31. The van der Waals surface area contributed by atoms with Gasteiger partial charge in [-0.2, -0.15) is 0 Å². The van der Waals surface area contributed by atoms with Gasteiger partial charge in [0.05, 0.1) is 17.0 Å². The van der Waals surface area contributed by atoms with Gasteiger partial charge in [-0.15, -0.1) is 0 Å². The maximum Gasteiger partial charge on any atom is 0.338 e. The first kappa shape index (κ1) is 22.3. The maximum absolute atomic E-state index is 12.1. The minimum Gasteiger partial charge on any atom is -0.452 e. The molecule has 1 fully saturated rings. The number of imide groups is 1. The third-order valence-electron chi connectivity index (χ3n) is 4.71. The second-order valence-electron chi connectivity index (χ2n) is 7.19. The highest BCUT2D eigenvalue weighted by atomic mass is 32.2. The van der Waals surface area contributed by atoms with E-state index >= 15 is 0 Å². The van der Waals surface area contributed by atoms with E-state index in [0.29, 0.717) is 24.3 Å². The number of amides is 3. The Balaban J connectivity index is 1.49. The number of ether oxygens (including phenoxy) is 1. The predicted molar refractivity (Wildman–Crippen MR) is 116 cm³/mol. The number of carbonyl (C=O) groups excluding carboxylic acids is 3. The van der Waals surface area contributed by atoms with E-state index in [9.17, 15) is 22.8 Å². The Morgan fingerprint density at radius 2 is 1.77 bits per heavy atom. The van der Waals surface area contributed by atoms with E-state index in [1.165, 1.54) is 28.6 Å². The molecule has 9 nitrogen and oxygen atoms in total. The summed E-state index contributed by atoms with van der Waals surface area (Å²) in [6, 6.07) is 10.6. The van der Waals surface area contributed by atoms with Crippen molar-refractivity contribution in [2.24, 2.45) is 0 Å². The topological polar surface area (TPSA) is 122 Å². The predicted octanol–water partition coefficient (Wildman–Crippen LogP) is 2.35. The van der Waals surface area contributed by atoms with Crippen molar-refractivity contribution in [1.82, 2.24) is 5.32 Å². The number of rotatable bonds is 5. The SMILES string of the molecule is Cc1ccc(NC(=O)NC(=O)COC(=O)c2ccc(N3CCCS3(=O)=O)cc2)c(C)c1. The van der Waals surface area contributed by atoms with E-state index in [1.54, 1.807) is 6.07 Å². The van der Waals surface area contributed by atoms with Gasteiger partial charge in [0.15, 0.2) is 6.61 Å². The van der Waals surface area contributed by atoms with Crippen LogP contribution in [0.5, 0.6) is 0 Å². The largest absolute Gasteiger partial charge is 0.452 e. The number of anilines is 2. The van der Waals surface area contributed by atoms with E-state index in [2.05, 4.69) is 10.6 Å². The van der Waals surface area contributed by atoms with Crippen molar-refractivity contribution in [3.05, 3.63) is 59.2 Å². The second kappa shape index (κ2) is 9.17. The molecule has 164 valence electrons. The van der Waals surface area contributed by atoms with Crippen LogP contribution in [0.3, 0.4) is 0 Å². The summed E-state index contributed by atoms with van der Waals surface area (Å²) in [4.78, 5) is 36.0. The van der Waals surface area contributed by atoms with Crippen LogP contribution >= 0.6 is 0 Å². The molecule has 1 aliphatic rings. The molecule has 1 saturated heterocycles. The van der Waals surface area contributed by atoms with Crippen LogP contribution < -0.4 is 14.9 Å². The van der Waals surface area contributed by atoms with Gasteiger partial charge in [-0.05, 0) is 56.2 Å². The number of hydrogen-bond acceptors (Lipinski definition) is 6. The molecule has 0 aliphatic carbocycles. The zero-order valence-corrected chi connectivity index (χ0v) is 18.0. The molecule has 1 heterocycles. The van der Waals surface area contributed by atoms with Crippen LogP contribution in [-0.2, 0) is 19.6 Å². The van der Waals surface area contributed by atoms with Crippen LogP contribution in [0, 0.1) is 13.8 Å². The fourth-order valence-electron chi connectivity index (χ4n) is 3.18. The summed E-state index contributed by atoms with van der Waals surface area (Å²) in [5.74, 6) is -1.45. The zero-order chi connectivity index (χ0) is 22.6. The van der Waals surface area contributed by atoms with E-state index in [0.717, 1.165) is 11.1 Å². The Labute approximate surface area is 180 Å². The Morgan fingerprint density at radius 1 is 1.06 bits per heavy atom. The van der Waals surface area contributed by atoms with Gasteiger partial charge in [-0.3, -0.25) is 14.4 Å². The number of urea groups is 1. The monoisotopic (exact) mass is 445 g/mol. The molecule has 0 atom stereocenters. The van der Waals surface area contributed by atoms with Gasteiger partial charge >= 0.3 is 12.0 Å². The van der Waals surface area contributed by atoms with Crippen LogP contribution in [0.4, 0.5) is 16.2 Å². The summed E-state index contributed by atoms with van der Waals surface area (Å²) in [6.07, 6.45) is 0.554. The third-order valence-corrected chi connectivity index (χ3v) is 6.58. The molecular weight excluding hydrogens is 422 g/mol. The van der Waals surface area contributed by atoms with E-state index in [4.69, 9.17) is 4.74 Å². The summed E-state index contributed by atoms with van der Waals surface area (Å²) >= 11 is 0. The van der Waals surface area contributed by atoms with Gasteiger partial charge in [0, 0.05) is 12.2 Å². The first-order valence-corrected chi connectivity index (χ1v) is 11.2. The van der Waals surface area contributed by atoms with Crippen LogP contribution in [-0.4, -0.2) is 45.2 Å². The van der Waals surface area contributed by atoms with Crippen molar-refractivity contribution in [3.63, 3.8) is 0 Å². The van der Waals surface area contributed by atoms with E-state index in [1.807, 2.05) is 26.0 Å². The Kier molecular flexibility index (Phi) is 6.59. The molecule has 10 heteroatoms. The molecule has 0 bridgehead atoms. The number of nitrogens with one attached hydrogen (secondary N) is 2. The van der Waals surface area contributed by atoms with Crippen molar-refractivity contribution in [1.29, 1.82) is 0 Å². The number of aryl methyl sites for hydroxylation is 2. The molecule has 0 aromatic heterocycles. The highest BCUT2D eigenvalue weighted by Gasteiger charge is 2.28. The zero-order valence-electron chi connectivity index (χ0n) is 17.2. The van der Waals surface area contributed by atoms with Crippen molar-refractivity contribution in [2.45, 2.75) is 20.3 Å². The minimum absolute atomic E-state index is 0.100. The summed E-state index contributed by atoms with van der Waals surface area (Å²) in [5.41, 5.74) is 3.08. The molecule has 2 N–H and O–H groups in total. The first-order valence-electron chi connectivity index (χ1n) is 9.61. The van der Waals surface area contributed by atoms with Crippen molar-refractivity contribution >= 4 is 39.3 Å². The van der Waals surface area contributed by atoms with Gasteiger partial charge in [0.25, 0.3) is 5.91 Å². The number of hydrogen-bond donors (Lipinski definition) is 2. The molecule has 31 heavy (non-hydrogen) atoms. The van der Waals surface area contributed by atoms with Crippen molar-refractivity contribution in [3.8, 4) is 0 Å². The van der Waals surface area contributed by atoms with E-state index < -0.39 is 34.5 Å². The smallest absolute Gasteiger partial charge is 0.338 e.